The molecule has 3 nitrogen and oxygen atoms in total. The molecule has 1 heterocycles. The number of rotatable bonds is 6. The minimum absolute atomic E-state index is 0.706. The Kier molecular flexibility index (Phi) is 5.41. The van der Waals surface area contributed by atoms with Crippen LogP contribution in [0.5, 0.6) is 5.75 Å². The van der Waals surface area contributed by atoms with Gasteiger partial charge in [-0.3, -0.25) is 0 Å². The molecule has 2 rings (SSSR count). The summed E-state index contributed by atoms with van der Waals surface area (Å²) in [5.74, 6) is 1.92. The van der Waals surface area contributed by atoms with Crippen molar-refractivity contribution >= 4 is 21.7 Å². The number of pyridine rings is 1. The maximum Gasteiger partial charge on any atom is 0.128 e. The number of ether oxygens (including phenoxy) is 1. The summed E-state index contributed by atoms with van der Waals surface area (Å²) in [6.07, 6.45) is 2.81. The number of hydrogen-bond donors (Lipinski definition) is 0. The average molecular weight is 335 g/mol. The topological polar surface area (TPSA) is 25.4 Å². The second-order valence-electron chi connectivity index (χ2n) is 4.58. The van der Waals surface area contributed by atoms with Crippen molar-refractivity contribution in [3.05, 3.63) is 52.6 Å². The first-order chi connectivity index (χ1) is 9.69. The van der Waals surface area contributed by atoms with E-state index in [9.17, 15) is 0 Å². The van der Waals surface area contributed by atoms with Crippen LogP contribution in [-0.4, -0.2) is 25.2 Å². The fraction of sp³-hybridized carbons (Fsp3) is 0.312. The largest absolute Gasteiger partial charge is 0.494 e. The summed E-state index contributed by atoms with van der Waals surface area (Å²) in [5.41, 5.74) is 1.30. The predicted molar refractivity (Wildman–Crippen MR) is 86.5 cm³/mol. The summed E-state index contributed by atoms with van der Waals surface area (Å²) in [7, 11) is 2.06. The number of nitrogens with zero attached hydrogens (tertiary/aromatic N) is 2. The molecule has 0 atom stereocenters. The summed E-state index contributed by atoms with van der Waals surface area (Å²) in [5, 5.41) is 0. The molecule has 0 radical (unpaired) electrons. The first kappa shape index (κ1) is 14.9. The highest BCUT2D eigenvalue weighted by atomic mass is 79.9. The van der Waals surface area contributed by atoms with Gasteiger partial charge in [0.15, 0.2) is 0 Å². The molecule has 0 saturated heterocycles. The maximum atomic E-state index is 5.44. The van der Waals surface area contributed by atoms with Crippen molar-refractivity contribution in [2.45, 2.75) is 13.3 Å². The van der Waals surface area contributed by atoms with Gasteiger partial charge in [0.1, 0.15) is 11.6 Å². The molecule has 4 heteroatoms. The van der Waals surface area contributed by atoms with E-state index in [4.69, 9.17) is 4.74 Å². The van der Waals surface area contributed by atoms with E-state index < -0.39 is 0 Å². The number of anilines is 1. The monoisotopic (exact) mass is 334 g/mol. The SMILES string of the molecule is CCOc1ccc(CCN(C)c2ccc(Br)cn2)cc1. The first-order valence-electron chi connectivity index (χ1n) is 6.73. The fourth-order valence-electron chi connectivity index (χ4n) is 1.92. The number of benzene rings is 1. The van der Waals surface area contributed by atoms with Crippen LogP contribution in [0.2, 0.25) is 0 Å². The molecule has 20 heavy (non-hydrogen) atoms. The van der Waals surface area contributed by atoms with Gasteiger partial charge in [-0.15, -0.1) is 0 Å². The summed E-state index contributed by atoms with van der Waals surface area (Å²) in [6, 6.07) is 12.3. The molecular formula is C16H19BrN2O. The number of halogens is 1. The van der Waals surface area contributed by atoms with E-state index in [0.717, 1.165) is 29.0 Å². The molecule has 0 aliphatic rings. The minimum atomic E-state index is 0.706. The molecule has 0 bridgehead atoms. The lowest BCUT2D eigenvalue weighted by Crippen LogP contribution is -2.21. The third-order valence-electron chi connectivity index (χ3n) is 3.07. The van der Waals surface area contributed by atoms with Crippen LogP contribution < -0.4 is 9.64 Å². The Morgan fingerprint density at radius 2 is 1.90 bits per heavy atom. The Morgan fingerprint density at radius 3 is 2.50 bits per heavy atom. The van der Waals surface area contributed by atoms with E-state index in [1.165, 1.54) is 5.56 Å². The Bertz CT molecular complexity index is 525. The van der Waals surface area contributed by atoms with E-state index >= 15 is 0 Å². The smallest absolute Gasteiger partial charge is 0.128 e. The predicted octanol–water partition coefficient (Wildman–Crippen LogP) is 3.92. The van der Waals surface area contributed by atoms with Crippen LogP contribution in [0, 0.1) is 0 Å². The zero-order valence-corrected chi connectivity index (χ0v) is 13.4. The van der Waals surface area contributed by atoms with Gasteiger partial charge in [-0.2, -0.15) is 0 Å². The van der Waals surface area contributed by atoms with E-state index in [0.29, 0.717) is 6.61 Å². The van der Waals surface area contributed by atoms with Crippen molar-refractivity contribution in [2.75, 3.05) is 25.1 Å². The molecule has 0 fully saturated rings. The van der Waals surface area contributed by atoms with Crippen molar-refractivity contribution in [1.82, 2.24) is 4.98 Å². The Balaban J connectivity index is 1.89. The molecule has 0 N–H and O–H groups in total. The lowest BCUT2D eigenvalue weighted by Gasteiger charge is -2.18. The molecule has 1 aromatic heterocycles. The van der Waals surface area contributed by atoms with Crippen LogP contribution in [0.1, 0.15) is 12.5 Å². The van der Waals surface area contributed by atoms with Crippen molar-refractivity contribution in [2.24, 2.45) is 0 Å². The molecule has 0 saturated carbocycles. The second-order valence-corrected chi connectivity index (χ2v) is 5.50. The maximum absolute atomic E-state index is 5.44. The zero-order chi connectivity index (χ0) is 14.4. The normalized spacial score (nSPS) is 10.3. The number of hydrogen-bond acceptors (Lipinski definition) is 3. The Morgan fingerprint density at radius 1 is 1.15 bits per heavy atom. The van der Waals surface area contributed by atoms with Crippen molar-refractivity contribution in [3.8, 4) is 5.75 Å². The van der Waals surface area contributed by atoms with Crippen LogP contribution in [0.15, 0.2) is 47.1 Å². The highest BCUT2D eigenvalue weighted by Gasteiger charge is 2.03. The third-order valence-corrected chi connectivity index (χ3v) is 3.54. The minimum Gasteiger partial charge on any atom is -0.494 e. The molecule has 106 valence electrons. The zero-order valence-electron chi connectivity index (χ0n) is 11.8. The van der Waals surface area contributed by atoms with Gasteiger partial charge in [-0.25, -0.2) is 4.98 Å². The Labute approximate surface area is 128 Å². The molecule has 2 aromatic rings. The third kappa shape index (κ3) is 4.23. The lowest BCUT2D eigenvalue weighted by molar-refractivity contribution is 0.340. The highest BCUT2D eigenvalue weighted by Crippen LogP contribution is 2.15. The molecule has 0 unspecified atom stereocenters. The molecule has 0 aliphatic carbocycles. The second kappa shape index (κ2) is 7.29. The lowest BCUT2D eigenvalue weighted by atomic mass is 10.1. The van der Waals surface area contributed by atoms with E-state index in [2.05, 4.69) is 45.0 Å². The first-order valence-corrected chi connectivity index (χ1v) is 7.53. The molecule has 0 amide bonds. The quantitative estimate of drug-likeness (QED) is 0.800. The van der Waals surface area contributed by atoms with Gasteiger partial charge < -0.3 is 9.64 Å². The van der Waals surface area contributed by atoms with Crippen LogP contribution >= 0.6 is 15.9 Å². The standard InChI is InChI=1S/C16H19BrN2O/c1-3-20-15-7-4-13(5-8-15)10-11-19(2)16-9-6-14(17)12-18-16/h4-9,12H,3,10-11H2,1-2H3. The van der Waals surface area contributed by atoms with Gasteiger partial charge in [0, 0.05) is 24.3 Å². The molecule has 0 spiro atoms. The van der Waals surface area contributed by atoms with E-state index in [1.807, 2.05) is 37.4 Å². The summed E-state index contributed by atoms with van der Waals surface area (Å²) >= 11 is 3.40. The van der Waals surface area contributed by atoms with Crippen molar-refractivity contribution in [3.63, 3.8) is 0 Å². The van der Waals surface area contributed by atoms with Crippen molar-refractivity contribution in [1.29, 1.82) is 0 Å². The number of aromatic nitrogens is 1. The Hall–Kier alpha value is -1.55. The average Bonchev–Trinajstić information content (AvgIpc) is 2.47. The fourth-order valence-corrected chi connectivity index (χ4v) is 2.16. The molecular weight excluding hydrogens is 316 g/mol. The van der Waals surface area contributed by atoms with Crippen LogP contribution in [0.25, 0.3) is 0 Å². The van der Waals surface area contributed by atoms with Crippen LogP contribution in [0.3, 0.4) is 0 Å². The van der Waals surface area contributed by atoms with E-state index in [1.54, 1.807) is 0 Å². The van der Waals surface area contributed by atoms with Gasteiger partial charge in [-0.05, 0) is 59.1 Å². The van der Waals surface area contributed by atoms with Gasteiger partial charge in [-0.1, -0.05) is 12.1 Å². The number of likely N-dealkylation sites (N-methyl/N-ethyl adjacent to an activating group) is 1. The summed E-state index contributed by atoms with van der Waals surface area (Å²) in [4.78, 5) is 6.54. The molecule has 1 aromatic carbocycles. The van der Waals surface area contributed by atoms with Gasteiger partial charge >= 0.3 is 0 Å². The van der Waals surface area contributed by atoms with Crippen LogP contribution in [0.4, 0.5) is 5.82 Å². The summed E-state index contributed by atoms with van der Waals surface area (Å²) < 4.78 is 6.44. The highest BCUT2D eigenvalue weighted by molar-refractivity contribution is 9.10. The molecule has 0 aliphatic heterocycles. The van der Waals surface area contributed by atoms with Gasteiger partial charge in [0.25, 0.3) is 0 Å². The van der Waals surface area contributed by atoms with Gasteiger partial charge in [0.05, 0.1) is 6.61 Å². The van der Waals surface area contributed by atoms with Gasteiger partial charge in [0.2, 0.25) is 0 Å². The summed E-state index contributed by atoms with van der Waals surface area (Å²) in [6.45, 7) is 3.63. The van der Waals surface area contributed by atoms with E-state index in [-0.39, 0.29) is 0 Å². The van der Waals surface area contributed by atoms with Crippen LogP contribution in [-0.2, 0) is 6.42 Å². The van der Waals surface area contributed by atoms with Crippen molar-refractivity contribution < 1.29 is 4.74 Å².